The molecule has 3 heterocycles. The van der Waals surface area contributed by atoms with E-state index in [0.29, 0.717) is 12.1 Å². The van der Waals surface area contributed by atoms with Gasteiger partial charge in [0.15, 0.2) is 0 Å². The molecule has 6 nitrogen and oxygen atoms in total. The minimum Gasteiger partial charge on any atom is -0.379 e. The monoisotopic (exact) mass is 351 g/mol. The molecular weight excluding hydrogens is 326 g/mol. The number of amides is 1. The van der Waals surface area contributed by atoms with Crippen LogP contribution in [0.5, 0.6) is 0 Å². The third-order valence-electron chi connectivity index (χ3n) is 4.27. The lowest BCUT2D eigenvalue weighted by Crippen LogP contribution is -2.37. The molecule has 0 unspecified atom stereocenters. The number of thioether (sulfide) groups is 1. The number of pyridine rings is 1. The molecule has 2 fully saturated rings. The van der Waals surface area contributed by atoms with E-state index >= 15 is 0 Å². The largest absolute Gasteiger partial charge is 0.379 e. The van der Waals surface area contributed by atoms with Gasteiger partial charge in [-0.2, -0.15) is 0 Å². The van der Waals surface area contributed by atoms with Crippen molar-refractivity contribution in [2.24, 2.45) is 0 Å². The van der Waals surface area contributed by atoms with Crippen molar-refractivity contribution in [2.45, 2.75) is 24.0 Å². The topological polar surface area (TPSA) is 63.7 Å². The highest BCUT2D eigenvalue weighted by Crippen LogP contribution is 2.16. The molecule has 0 spiro atoms. The molecule has 1 amide bonds. The zero-order valence-electron chi connectivity index (χ0n) is 13.9. The smallest absolute Gasteiger partial charge is 0.252 e. The summed E-state index contributed by atoms with van der Waals surface area (Å²) in [5.41, 5.74) is 0.602. The summed E-state index contributed by atoms with van der Waals surface area (Å²) in [6, 6.07) is 3.76. The van der Waals surface area contributed by atoms with E-state index in [0.717, 1.165) is 63.1 Å². The Labute approximate surface area is 147 Å². The highest BCUT2D eigenvalue weighted by Gasteiger charge is 2.16. The lowest BCUT2D eigenvalue weighted by molar-refractivity contribution is 0.0410. The van der Waals surface area contributed by atoms with E-state index in [-0.39, 0.29) is 12.0 Å². The molecule has 0 radical (unpaired) electrons. The number of nitrogens with one attached hydrogen (secondary N) is 1. The van der Waals surface area contributed by atoms with Crippen LogP contribution in [0.15, 0.2) is 23.4 Å². The second-order valence-corrected chi connectivity index (χ2v) is 7.15. The van der Waals surface area contributed by atoms with Crippen LogP contribution in [0.1, 0.15) is 23.2 Å². The molecule has 24 heavy (non-hydrogen) atoms. The third-order valence-corrected chi connectivity index (χ3v) is 5.20. The Bertz CT molecular complexity index is 514. The van der Waals surface area contributed by atoms with E-state index in [1.165, 1.54) is 0 Å². The first-order chi connectivity index (χ1) is 11.8. The van der Waals surface area contributed by atoms with Gasteiger partial charge in [-0.1, -0.05) is 0 Å². The van der Waals surface area contributed by atoms with E-state index < -0.39 is 0 Å². The Morgan fingerprint density at radius 1 is 1.33 bits per heavy atom. The summed E-state index contributed by atoms with van der Waals surface area (Å²) < 4.78 is 10.9. The van der Waals surface area contributed by atoms with E-state index in [1.807, 2.05) is 12.1 Å². The number of carbonyl (C=O) groups is 1. The van der Waals surface area contributed by atoms with Crippen LogP contribution in [0, 0.1) is 0 Å². The van der Waals surface area contributed by atoms with Gasteiger partial charge in [-0.05, 0) is 25.0 Å². The van der Waals surface area contributed by atoms with Crippen molar-refractivity contribution < 1.29 is 14.3 Å². The summed E-state index contributed by atoms with van der Waals surface area (Å²) in [4.78, 5) is 18.9. The molecule has 1 aromatic rings. The number of hydrogen-bond donors (Lipinski definition) is 1. The quantitative estimate of drug-likeness (QED) is 0.750. The maximum atomic E-state index is 12.1. The fourth-order valence-corrected chi connectivity index (χ4v) is 3.67. The summed E-state index contributed by atoms with van der Waals surface area (Å²) in [6.07, 6.45) is 3.93. The van der Waals surface area contributed by atoms with Gasteiger partial charge in [0.1, 0.15) is 0 Å². The van der Waals surface area contributed by atoms with Crippen LogP contribution in [0.3, 0.4) is 0 Å². The first-order valence-corrected chi connectivity index (χ1v) is 9.58. The van der Waals surface area contributed by atoms with Gasteiger partial charge in [0.25, 0.3) is 5.91 Å². The molecule has 0 aliphatic carbocycles. The molecule has 0 bridgehead atoms. The van der Waals surface area contributed by atoms with Crippen LogP contribution < -0.4 is 5.32 Å². The Balaban J connectivity index is 1.38. The van der Waals surface area contributed by atoms with E-state index in [1.54, 1.807) is 18.0 Å². The predicted octanol–water partition coefficient (Wildman–Crippen LogP) is 1.41. The van der Waals surface area contributed by atoms with Gasteiger partial charge in [0.2, 0.25) is 0 Å². The summed E-state index contributed by atoms with van der Waals surface area (Å²) in [6.45, 7) is 6.11. The number of nitrogens with zero attached hydrogens (tertiary/aromatic N) is 2. The van der Waals surface area contributed by atoms with Crippen molar-refractivity contribution in [1.82, 2.24) is 15.2 Å². The van der Waals surface area contributed by atoms with Gasteiger partial charge in [-0.25, -0.2) is 4.98 Å². The van der Waals surface area contributed by atoms with Crippen molar-refractivity contribution in [2.75, 3.05) is 51.8 Å². The van der Waals surface area contributed by atoms with Crippen molar-refractivity contribution in [3.63, 3.8) is 0 Å². The molecule has 3 rings (SSSR count). The molecule has 1 N–H and O–H groups in total. The number of ether oxygens (including phenoxy) is 2. The first-order valence-electron chi connectivity index (χ1n) is 8.60. The van der Waals surface area contributed by atoms with Gasteiger partial charge in [-0.3, -0.25) is 9.69 Å². The minimum absolute atomic E-state index is 0.0807. The Hall–Kier alpha value is -1.15. The van der Waals surface area contributed by atoms with Gasteiger partial charge in [-0.15, -0.1) is 11.8 Å². The van der Waals surface area contributed by atoms with Crippen LogP contribution >= 0.6 is 11.8 Å². The van der Waals surface area contributed by atoms with Crippen molar-refractivity contribution in [1.29, 1.82) is 0 Å². The molecule has 0 aromatic carbocycles. The van der Waals surface area contributed by atoms with Crippen molar-refractivity contribution in [3.8, 4) is 0 Å². The van der Waals surface area contributed by atoms with E-state index in [4.69, 9.17) is 9.47 Å². The zero-order chi connectivity index (χ0) is 16.6. The van der Waals surface area contributed by atoms with Gasteiger partial charge in [0, 0.05) is 44.7 Å². The molecule has 0 saturated carbocycles. The Morgan fingerprint density at radius 3 is 2.92 bits per heavy atom. The fraction of sp³-hybridized carbons (Fsp3) is 0.647. The van der Waals surface area contributed by atoms with Crippen LogP contribution in [0.4, 0.5) is 0 Å². The second-order valence-electron chi connectivity index (χ2n) is 6.03. The normalized spacial score (nSPS) is 21.8. The fourth-order valence-electron chi connectivity index (χ4n) is 2.82. The number of hydrogen-bond acceptors (Lipinski definition) is 6. The number of aromatic nitrogens is 1. The van der Waals surface area contributed by atoms with Gasteiger partial charge < -0.3 is 14.8 Å². The van der Waals surface area contributed by atoms with Crippen LogP contribution in [0.2, 0.25) is 0 Å². The van der Waals surface area contributed by atoms with E-state index in [9.17, 15) is 4.79 Å². The molecular formula is C17H25N3O3S. The van der Waals surface area contributed by atoms with E-state index in [2.05, 4.69) is 15.2 Å². The molecule has 7 heteroatoms. The van der Waals surface area contributed by atoms with Crippen LogP contribution in [0.25, 0.3) is 0 Å². The maximum Gasteiger partial charge on any atom is 0.252 e. The number of carbonyl (C=O) groups excluding carboxylic acids is 1. The first kappa shape index (κ1) is 17.7. The average molecular weight is 351 g/mol. The summed E-state index contributed by atoms with van der Waals surface area (Å²) >= 11 is 1.72. The van der Waals surface area contributed by atoms with Crippen LogP contribution in [-0.4, -0.2) is 73.6 Å². The molecule has 1 aromatic heterocycles. The Kier molecular flexibility index (Phi) is 6.89. The minimum atomic E-state index is -0.0807. The molecule has 2 aliphatic rings. The molecule has 2 aliphatic heterocycles. The number of morpholine rings is 1. The highest BCUT2D eigenvalue weighted by molar-refractivity contribution is 7.99. The summed E-state index contributed by atoms with van der Waals surface area (Å²) in [5, 5.41) is 3.87. The standard InChI is InChI=1S/C17H25N3O3S/c21-17(19-13-15-2-1-8-23-15)14-3-4-16(18-12-14)24-11-7-20-5-9-22-10-6-20/h3-4,12,15H,1-2,5-11,13H2,(H,19,21)/t15-/m0/s1. The van der Waals surface area contributed by atoms with Crippen molar-refractivity contribution >= 4 is 17.7 Å². The van der Waals surface area contributed by atoms with Crippen molar-refractivity contribution in [3.05, 3.63) is 23.9 Å². The summed E-state index contributed by atoms with van der Waals surface area (Å²) in [7, 11) is 0. The molecule has 132 valence electrons. The number of rotatable bonds is 7. The lowest BCUT2D eigenvalue weighted by atomic mass is 10.2. The van der Waals surface area contributed by atoms with Gasteiger partial charge in [0.05, 0.1) is 29.9 Å². The SMILES string of the molecule is O=C(NC[C@@H]1CCCO1)c1ccc(SCCN2CCOCC2)nc1. The van der Waals surface area contributed by atoms with Gasteiger partial charge >= 0.3 is 0 Å². The zero-order valence-corrected chi connectivity index (χ0v) is 14.7. The maximum absolute atomic E-state index is 12.1. The second kappa shape index (κ2) is 9.36. The molecule has 2 saturated heterocycles. The average Bonchev–Trinajstić information content (AvgIpc) is 3.15. The third kappa shape index (κ3) is 5.44. The predicted molar refractivity (Wildman–Crippen MR) is 93.5 cm³/mol. The summed E-state index contributed by atoms with van der Waals surface area (Å²) in [5.74, 6) is 0.917. The van der Waals surface area contributed by atoms with Crippen LogP contribution in [-0.2, 0) is 9.47 Å². The lowest BCUT2D eigenvalue weighted by Gasteiger charge is -2.26. The Morgan fingerprint density at radius 2 is 2.21 bits per heavy atom. The molecule has 1 atom stereocenters. The highest BCUT2D eigenvalue weighted by atomic mass is 32.2.